The van der Waals surface area contributed by atoms with Crippen LogP contribution in [0.4, 0.5) is 0 Å². The molecule has 0 heterocycles. The van der Waals surface area contributed by atoms with Gasteiger partial charge in [-0.25, -0.2) is 0 Å². The molecule has 0 aromatic rings. The molecule has 0 N–H and O–H groups in total. The van der Waals surface area contributed by atoms with Crippen LogP contribution in [0.25, 0.3) is 0 Å². The zero-order valence-corrected chi connectivity index (χ0v) is 41.8. The summed E-state index contributed by atoms with van der Waals surface area (Å²) in [7, 11) is 0. The van der Waals surface area contributed by atoms with Crippen LogP contribution < -0.4 is 0 Å². The Labute approximate surface area is 395 Å². The van der Waals surface area contributed by atoms with Gasteiger partial charge in [-0.2, -0.15) is 0 Å². The van der Waals surface area contributed by atoms with E-state index in [4.69, 9.17) is 14.2 Å². The standard InChI is InChI=1S/C58H98O6/c1-4-7-10-13-16-19-22-25-27-29-30-32-33-36-39-42-45-48-51-57(60)63-54-55(53-62-56(59)50-47-44-41-38-35-24-21-18-15-12-9-6-3)64-58(61)52-49-46-43-40-37-34-31-28-26-23-20-17-14-11-8-5-2/h8-9,11-12,17-18,20-21,26,28,30,32,35,38,55H,4-7,10,13-16,19,22-25,27,29,31,33-34,36-37,39-54H2,1-3H3/b11-8-,12-9-,20-17-,21-18-,28-26-,32-30-,38-35-. The van der Waals surface area contributed by atoms with Crippen LogP contribution in [0.3, 0.4) is 0 Å². The van der Waals surface area contributed by atoms with Crippen molar-refractivity contribution in [1.29, 1.82) is 0 Å². The molecular weight excluding hydrogens is 793 g/mol. The third kappa shape index (κ3) is 49.6. The van der Waals surface area contributed by atoms with Crippen LogP contribution in [-0.4, -0.2) is 37.2 Å². The van der Waals surface area contributed by atoms with E-state index >= 15 is 0 Å². The number of unbranched alkanes of at least 4 members (excludes halogenated alkanes) is 22. The molecular formula is C58H98O6. The zero-order valence-electron chi connectivity index (χ0n) is 41.8. The van der Waals surface area contributed by atoms with Crippen molar-refractivity contribution in [1.82, 2.24) is 0 Å². The van der Waals surface area contributed by atoms with E-state index in [1.165, 1.54) is 89.9 Å². The molecule has 0 spiro atoms. The van der Waals surface area contributed by atoms with Gasteiger partial charge in [-0.15, -0.1) is 0 Å². The topological polar surface area (TPSA) is 78.9 Å². The fourth-order valence-corrected chi connectivity index (χ4v) is 7.17. The Hall–Kier alpha value is -3.41. The molecule has 0 aliphatic rings. The summed E-state index contributed by atoms with van der Waals surface area (Å²) in [5.41, 5.74) is 0. The molecule has 0 bridgehead atoms. The molecule has 0 saturated heterocycles. The third-order valence-electron chi connectivity index (χ3n) is 11.1. The summed E-state index contributed by atoms with van der Waals surface area (Å²) in [4.78, 5) is 38.0. The minimum atomic E-state index is -0.802. The fraction of sp³-hybridized carbons (Fsp3) is 0.707. The highest BCUT2D eigenvalue weighted by atomic mass is 16.6. The molecule has 0 saturated carbocycles. The molecule has 0 rings (SSSR count). The zero-order chi connectivity index (χ0) is 46.5. The van der Waals surface area contributed by atoms with E-state index in [9.17, 15) is 14.4 Å². The smallest absolute Gasteiger partial charge is 0.306 e. The van der Waals surface area contributed by atoms with Gasteiger partial charge >= 0.3 is 17.9 Å². The lowest BCUT2D eigenvalue weighted by Crippen LogP contribution is -2.30. The van der Waals surface area contributed by atoms with Crippen LogP contribution >= 0.6 is 0 Å². The van der Waals surface area contributed by atoms with Crippen molar-refractivity contribution in [2.24, 2.45) is 0 Å². The lowest BCUT2D eigenvalue weighted by molar-refractivity contribution is -0.167. The first-order valence-corrected chi connectivity index (χ1v) is 26.6. The van der Waals surface area contributed by atoms with E-state index < -0.39 is 6.10 Å². The number of hydrogen-bond donors (Lipinski definition) is 0. The second-order valence-corrected chi connectivity index (χ2v) is 17.4. The Kier molecular flexibility index (Phi) is 49.4. The molecule has 0 aliphatic heterocycles. The van der Waals surface area contributed by atoms with Gasteiger partial charge in [0.1, 0.15) is 13.2 Å². The van der Waals surface area contributed by atoms with Gasteiger partial charge in [-0.3, -0.25) is 14.4 Å². The van der Waals surface area contributed by atoms with Gasteiger partial charge < -0.3 is 14.2 Å². The molecule has 366 valence electrons. The van der Waals surface area contributed by atoms with Crippen LogP contribution in [0.5, 0.6) is 0 Å². The van der Waals surface area contributed by atoms with Crippen molar-refractivity contribution in [2.75, 3.05) is 13.2 Å². The number of carbonyl (C=O) groups is 3. The van der Waals surface area contributed by atoms with Crippen LogP contribution in [0.2, 0.25) is 0 Å². The maximum atomic E-state index is 12.8. The average Bonchev–Trinajstić information content (AvgIpc) is 3.29. The summed E-state index contributed by atoms with van der Waals surface area (Å²) in [6, 6.07) is 0. The molecule has 0 aromatic heterocycles. The molecule has 0 fully saturated rings. The first-order valence-electron chi connectivity index (χ1n) is 26.6. The van der Waals surface area contributed by atoms with E-state index in [1.54, 1.807) is 0 Å². The van der Waals surface area contributed by atoms with Gasteiger partial charge in [0.05, 0.1) is 0 Å². The monoisotopic (exact) mass is 891 g/mol. The van der Waals surface area contributed by atoms with Crippen molar-refractivity contribution in [2.45, 2.75) is 252 Å². The molecule has 64 heavy (non-hydrogen) atoms. The van der Waals surface area contributed by atoms with Crippen LogP contribution in [-0.2, 0) is 28.6 Å². The highest BCUT2D eigenvalue weighted by Gasteiger charge is 2.19. The number of esters is 3. The van der Waals surface area contributed by atoms with Crippen molar-refractivity contribution in [3.63, 3.8) is 0 Å². The van der Waals surface area contributed by atoms with Crippen LogP contribution in [0.15, 0.2) is 85.1 Å². The quantitative estimate of drug-likeness (QED) is 0.0262. The minimum Gasteiger partial charge on any atom is -0.462 e. The number of hydrogen-bond acceptors (Lipinski definition) is 6. The predicted molar refractivity (Wildman–Crippen MR) is 274 cm³/mol. The predicted octanol–water partition coefficient (Wildman–Crippen LogP) is 17.6. The van der Waals surface area contributed by atoms with Gasteiger partial charge in [-0.1, -0.05) is 202 Å². The Bertz CT molecular complexity index is 1250. The van der Waals surface area contributed by atoms with Gasteiger partial charge in [0.2, 0.25) is 0 Å². The summed E-state index contributed by atoms with van der Waals surface area (Å²) in [5, 5.41) is 0. The fourth-order valence-electron chi connectivity index (χ4n) is 7.17. The summed E-state index contributed by atoms with van der Waals surface area (Å²) in [6.45, 7) is 6.36. The highest BCUT2D eigenvalue weighted by Crippen LogP contribution is 2.14. The molecule has 6 heteroatoms. The molecule has 0 aliphatic carbocycles. The Balaban J connectivity index is 4.43. The SMILES string of the molecule is CC/C=C\C/C=C\C/C=C\CCCCCCCCC(=O)OC(COC(=O)CCCC/C=C\C/C=C\C/C=C\CC)COC(=O)CCCCCCC/C=C\CCCCCCCCCCC. The molecule has 0 radical (unpaired) electrons. The first kappa shape index (κ1) is 60.6. The van der Waals surface area contributed by atoms with E-state index in [0.29, 0.717) is 19.3 Å². The summed E-state index contributed by atoms with van der Waals surface area (Å²) in [6.07, 6.45) is 67.2. The van der Waals surface area contributed by atoms with Crippen molar-refractivity contribution >= 4 is 17.9 Å². The maximum Gasteiger partial charge on any atom is 0.306 e. The van der Waals surface area contributed by atoms with Crippen LogP contribution in [0, 0.1) is 0 Å². The van der Waals surface area contributed by atoms with E-state index in [0.717, 1.165) is 116 Å². The highest BCUT2D eigenvalue weighted by molar-refractivity contribution is 5.71. The summed E-state index contributed by atoms with van der Waals surface area (Å²) >= 11 is 0. The second kappa shape index (κ2) is 52.2. The number of rotatable bonds is 47. The lowest BCUT2D eigenvalue weighted by atomic mass is 10.1. The van der Waals surface area contributed by atoms with E-state index in [2.05, 4.69) is 106 Å². The lowest BCUT2D eigenvalue weighted by Gasteiger charge is -2.18. The van der Waals surface area contributed by atoms with Crippen molar-refractivity contribution in [3.8, 4) is 0 Å². The van der Waals surface area contributed by atoms with Gasteiger partial charge in [0.25, 0.3) is 0 Å². The Morgan fingerprint density at radius 3 is 1.00 bits per heavy atom. The minimum absolute atomic E-state index is 0.0988. The maximum absolute atomic E-state index is 12.8. The summed E-state index contributed by atoms with van der Waals surface area (Å²) in [5.74, 6) is -0.960. The normalized spacial score (nSPS) is 12.7. The van der Waals surface area contributed by atoms with E-state index in [-0.39, 0.29) is 31.1 Å². The molecule has 0 amide bonds. The van der Waals surface area contributed by atoms with Crippen molar-refractivity contribution < 1.29 is 28.6 Å². The third-order valence-corrected chi connectivity index (χ3v) is 11.1. The Morgan fingerprint density at radius 2 is 0.609 bits per heavy atom. The first-order chi connectivity index (χ1) is 31.5. The second-order valence-electron chi connectivity index (χ2n) is 17.4. The molecule has 1 unspecified atom stereocenters. The summed E-state index contributed by atoms with van der Waals surface area (Å²) < 4.78 is 16.8. The number of ether oxygens (including phenoxy) is 3. The molecule has 0 aromatic carbocycles. The van der Waals surface area contributed by atoms with Gasteiger partial charge in [0, 0.05) is 19.3 Å². The van der Waals surface area contributed by atoms with E-state index in [1.807, 2.05) is 0 Å². The number of allylic oxidation sites excluding steroid dienone is 14. The van der Waals surface area contributed by atoms with Gasteiger partial charge in [0.15, 0.2) is 6.10 Å². The van der Waals surface area contributed by atoms with Crippen molar-refractivity contribution in [3.05, 3.63) is 85.1 Å². The Morgan fingerprint density at radius 1 is 0.328 bits per heavy atom. The average molecular weight is 891 g/mol. The largest absolute Gasteiger partial charge is 0.462 e. The molecule has 1 atom stereocenters. The number of carbonyl (C=O) groups excluding carboxylic acids is 3. The van der Waals surface area contributed by atoms with Gasteiger partial charge in [-0.05, 0) is 109 Å². The molecule has 6 nitrogen and oxygen atoms in total. The van der Waals surface area contributed by atoms with Crippen LogP contribution in [0.1, 0.15) is 245 Å².